The molecule has 20 heavy (non-hydrogen) atoms. The van der Waals surface area contributed by atoms with E-state index in [9.17, 15) is 4.79 Å². The summed E-state index contributed by atoms with van der Waals surface area (Å²) in [6.07, 6.45) is 5.36. The summed E-state index contributed by atoms with van der Waals surface area (Å²) >= 11 is 5.96. The molecule has 0 aliphatic rings. The highest BCUT2D eigenvalue weighted by Gasteiger charge is 2.20. The van der Waals surface area contributed by atoms with E-state index in [0.717, 1.165) is 24.8 Å². The first-order chi connectivity index (χ1) is 9.58. The van der Waals surface area contributed by atoms with Crippen LogP contribution in [0.3, 0.4) is 0 Å². The number of esters is 1. The van der Waals surface area contributed by atoms with Gasteiger partial charge in [0.15, 0.2) is 0 Å². The van der Waals surface area contributed by atoms with E-state index in [4.69, 9.17) is 16.3 Å². The fraction of sp³-hybridized carbons (Fsp3) is 0.588. The van der Waals surface area contributed by atoms with Crippen molar-refractivity contribution in [1.29, 1.82) is 0 Å². The average Bonchev–Trinajstić information content (AvgIpc) is 2.45. The standard InChI is InChI=1S/C17H25ClO2/c1-4-6-7-11-16(5-2)20-17(19)13(3)14-9-8-10-15(18)12-14/h8-10,12-13,16H,4-7,11H2,1-3H3. The van der Waals surface area contributed by atoms with Crippen LogP contribution in [-0.2, 0) is 9.53 Å². The lowest BCUT2D eigenvalue weighted by Gasteiger charge is -2.19. The number of unbranched alkanes of at least 4 members (excludes halogenated alkanes) is 2. The van der Waals surface area contributed by atoms with Gasteiger partial charge < -0.3 is 4.74 Å². The molecule has 0 N–H and O–H groups in total. The minimum absolute atomic E-state index is 0.0377. The highest BCUT2D eigenvalue weighted by molar-refractivity contribution is 6.30. The largest absolute Gasteiger partial charge is 0.462 e. The van der Waals surface area contributed by atoms with Crippen LogP contribution in [0, 0.1) is 0 Å². The molecule has 1 aromatic carbocycles. The fourth-order valence-electron chi connectivity index (χ4n) is 2.15. The Morgan fingerprint density at radius 1 is 1.30 bits per heavy atom. The van der Waals surface area contributed by atoms with Gasteiger partial charge in [0, 0.05) is 5.02 Å². The molecule has 0 aromatic heterocycles. The van der Waals surface area contributed by atoms with Crippen LogP contribution in [0.5, 0.6) is 0 Å². The van der Waals surface area contributed by atoms with E-state index in [1.165, 1.54) is 12.8 Å². The first-order valence-corrected chi connectivity index (χ1v) is 7.92. The van der Waals surface area contributed by atoms with Crippen molar-refractivity contribution >= 4 is 17.6 Å². The molecular weight excluding hydrogens is 272 g/mol. The number of hydrogen-bond acceptors (Lipinski definition) is 2. The van der Waals surface area contributed by atoms with E-state index in [1.54, 1.807) is 0 Å². The van der Waals surface area contributed by atoms with E-state index in [0.29, 0.717) is 5.02 Å². The third-order valence-electron chi connectivity index (χ3n) is 3.57. The van der Waals surface area contributed by atoms with Crippen LogP contribution in [0.4, 0.5) is 0 Å². The van der Waals surface area contributed by atoms with E-state index < -0.39 is 0 Å². The lowest BCUT2D eigenvalue weighted by Crippen LogP contribution is -2.21. The van der Waals surface area contributed by atoms with Gasteiger partial charge >= 0.3 is 5.97 Å². The maximum Gasteiger partial charge on any atom is 0.313 e. The summed E-state index contributed by atoms with van der Waals surface area (Å²) in [4.78, 5) is 12.2. The predicted octanol–water partition coefficient (Wildman–Crippen LogP) is 5.35. The van der Waals surface area contributed by atoms with Gasteiger partial charge in [0.05, 0.1) is 5.92 Å². The lowest BCUT2D eigenvalue weighted by atomic mass is 10.0. The molecular formula is C17H25ClO2. The molecule has 2 unspecified atom stereocenters. The molecule has 0 radical (unpaired) electrons. The lowest BCUT2D eigenvalue weighted by molar-refractivity contribution is -0.151. The number of carbonyl (C=O) groups is 1. The topological polar surface area (TPSA) is 26.3 Å². The summed E-state index contributed by atoms with van der Waals surface area (Å²) in [6.45, 7) is 6.11. The van der Waals surface area contributed by atoms with Crippen molar-refractivity contribution in [3.05, 3.63) is 34.9 Å². The van der Waals surface area contributed by atoms with Crippen molar-refractivity contribution in [2.45, 2.75) is 64.9 Å². The molecule has 1 rings (SSSR count). The molecule has 0 aliphatic carbocycles. The summed E-state index contributed by atoms with van der Waals surface area (Å²) in [6, 6.07) is 7.41. The summed E-state index contributed by atoms with van der Waals surface area (Å²) in [5.74, 6) is -0.426. The Kier molecular flexibility index (Phi) is 7.68. The van der Waals surface area contributed by atoms with E-state index >= 15 is 0 Å². The molecule has 0 bridgehead atoms. The number of halogens is 1. The number of carbonyl (C=O) groups excluding carboxylic acids is 1. The summed E-state index contributed by atoms with van der Waals surface area (Å²) in [5.41, 5.74) is 0.908. The number of ether oxygens (including phenoxy) is 1. The van der Waals surface area contributed by atoms with Gasteiger partial charge in [0.2, 0.25) is 0 Å². The van der Waals surface area contributed by atoms with Crippen molar-refractivity contribution in [1.82, 2.24) is 0 Å². The average molecular weight is 297 g/mol. The van der Waals surface area contributed by atoms with Crippen molar-refractivity contribution in [2.24, 2.45) is 0 Å². The minimum Gasteiger partial charge on any atom is -0.462 e. The van der Waals surface area contributed by atoms with Gasteiger partial charge in [-0.3, -0.25) is 4.79 Å². The van der Waals surface area contributed by atoms with Gasteiger partial charge in [-0.25, -0.2) is 0 Å². The number of hydrogen-bond donors (Lipinski definition) is 0. The van der Waals surface area contributed by atoms with E-state index in [-0.39, 0.29) is 18.0 Å². The van der Waals surface area contributed by atoms with Crippen molar-refractivity contribution < 1.29 is 9.53 Å². The van der Waals surface area contributed by atoms with E-state index in [1.807, 2.05) is 31.2 Å². The fourth-order valence-corrected chi connectivity index (χ4v) is 2.35. The van der Waals surface area contributed by atoms with Gasteiger partial charge in [-0.15, -0.1) is 0 Å². The van der Waals surface area contributed by atoms with Crippen LogP contribution in [0.25, 0.3) is 0 Å². The first kappa shape index (κ1) is 17.0. The smallest absolute Gasteiger partial charge is 0.313 e. The zero-order valence-electron chi connectivity index (χ0n) is 12.7. The van der Waals surface area contributed by atoms with Crippen LogP contribution < -0.4 is 0 Å². The van der Waals surface area contributed by atoms with Gasteiger partial charge in [-0.2, -0.15) is 0 Å². The zero-order valence-corrected chi connectivity index (χ0v) is 13.5. The highest BCUT2D eigenvalue weighted by atomic mass is 35.5. The van der Waals surface area contributed by atoms with Gasteiger partial charge in [0.25, 0.3) is 0 Å². The molecule has 0 amide bonds. The van der Waals surface area contributed by atoms with Gasteiger partial charge in [0.1, 0.15) is 6.10 Å². The normalized spacial score (nSPS) is 13.8. The van der Waals surface area contributed by atoms with Crippen molar-refractivity contribution in [3.63, 3.8) is 0 Å². The van der Waals surface area contributed by atoms with Crippen LogP contribution >= 0.6 is 11.6 Å². The van der Waals surface area contributed by atoms with Crippen molar-refractivity contribution in [3.8, 4) is 0 Å². The van der Waals surface area contributed by atoms with Gasteiger partial charge in [-0.05, 0) is 43.9 Å². The first-order valence-electron chi connectivity index (χ1n) is 7.54. The maximum absolute atomic E-state index is 12.2. The second-order valence-corrected chi connectivity index (χ2v) is 5.68. The number of benzene rings is 1. The second kappa shape index (κ2) is 9.02. The molecule has 0 heterocycles. The molecule has 112 valence electrons. The molecule has 0 saturated heterocycles. The summed E-state index contributed by atoms with van der Waals surface area (Å²) < 4.78 is 5.62. The molecule has 0 aliphatic heterocycles. The minimum atomic E-state index is -0.270. The molecule has 2 atom stereocenters. The van der Waals surface area contributed by atoms with Crippen LogP contribution in [0.15, 0.2) is 24.3 Å². The molecule has 3 heteroatoms. The molecule has 0 spiro atoms. The van der Waals surface area contributed by atoms with Crippen LogP contribution in [0.2, 0.25) is 5.02 Å². The Bertz CT molecular complexity index is 417. The monoisotopic (exact) mass is 296 g/mol. The quantitative estimate of drug-likeness (QED) is 0.478. The Morgan fingerprint density at radius 2 is 2.05 bits per heavy atom. The molecule has 0 fully saturated rings. The Hall–Kier alpha value is -1.02. The highest BCUT2D eigenvalue weighted by Crippen LogP contribution is 2.22. The summed E-state index contributed by atoms with van der Waals surface area (Å²) in [7, 11) is 0. The predicted molar refractivity (Wildman–Crippen MR) is 84.2 cm³/mol. The molecule has 0 saturated carbocycles. The molecule has 1 aromatic rings. The SMILES string of the molecule is CCCCCC(CC)OC(=O)C(C)c1cccc(Cl)c1. The third-order valence-corrected chi connectivity index (χ3v) is 3.81. The van der Waals surface area contributed by atoms with Crippen LogP contribution in [0.1, 0.15) is 64.4 Å². The summed E-state index contributed by atoms with van der Waals surface area (Å²) in [5, 5.41) is 0.650. The Morgan fingerprint density at radius 3 is 2.65 bits per heavy atom. The van der Waals surface area contributed by atoms with Gasteiger partial charge in [-0.1, -0.05) is 50.4 Å². The third kappa shape index (κ3) is 5.54. The van der Waals surface area contributed by atoms with Crippen LogP contribution in [-0.4, -0.2) is 12.1 Å². The second-order valence-electron chi connectivity index (χ2n) is 5.24. The Labute approximate surface area is 127 Å². The Balaban J connectivity index is 2.55. The van der Waals surface area contributed by atoms with Crippen molar-refractivity contribution in [2.75, 3.05) is 0 Å². The molecule has 2 nitrogen and oxygen atoms in total. The zero-order chi connectivity index (χ0) is 15.0. The maximum atomic E-state index is 12.2. The number of rotatable bonds is 8. The van der Waals surface area contributed by atoms with E-state index in [2.05, 4.69) is 13.8 Å².